The van der Waals surface area contributed by atoms with Gasteiger partial charge in [-0.3, -0.25) is 9.78 Å². The van der Waals surface area contributed by atoms with Gasteiger partial charge in [0.1, 0.15) is 6.04 Å². The van der Waals surface area contributed by atoms with E-state index in [2.05, 4.69) is 10.3 Å². The quantitative estimate of drug-likeness (QED) is 0.669. The molecular weight excluding hydrogens is 424 g/mol. The Morgan fingerprint density at radius 1 is 1.20 bits per heavy atom. The van der Waals surface area contributed by atoms with Crippen molar-refractivity contribution in [2.45, 2.75) is 12.5 Å². The molecule has 4 rings (SSSR count). The SMILES string of the molecule is CN(C)S(=O)(=O)N1CCc2ccc(Cl)cc2C1C(=O)Nc1cncc2ccccc12. The predicted molar refractivity (Wildman–Crippen MR) is 118 cm³/mol. The zero-order valence-electron chi connectivity index (χ0n) is 16.5. The maximum absolute atomic E-state index is 13.5. The van der Waals surface area contributed by atoms with Crippen molar-refractivity contribution < 1.29 is 13.2 Å². The van der Waals surface area contributed by atoms with Crippen molar-refractivity contribution in [1.82, 2.24) is 13.6 Å². The van der Waals surface area contributed by atoms with E-state index in [-0.39, 0.29) is 6.54 Å². The first-order valence-corrected chi connectivity index (χ1v) is 11.2. The minimum absolute atomic E-state index is 0.195. The zero-order chi connectivity index (χ0) is 21.5. The van der Waals surface area contributed by atoms with E-state index in [0.717, 1.165) is 20.6 Å². The number of hydrogen-bond donors (Lipinski definition) is 1. The van der Waals surface area contributed by atoms with Gasteiger partial charge in [-0.05, 0) is 29.7 Å². The number of hydrogen-bond acceptors (Lipinski definition) is 4. The summed E-state index contributed by atoms with van der Waals surface area (Å²) in [6.45, 7) is 0.195. The van der Waals surface area contributed by atoms with Crippen LogP contribution in [0.2, 0.25) is 5.02 Å². The van der Waals surface area contributed by atoms with Crippen molar-refractivity contribution in [2.24, 2.45) is 0 Å². The van der Waals surface area contributed by atoms with Gasteiger partial charge >= 0.3 is 0 Å². The molecule has 0 saturated carbocycles. The number of benzene rings is 2. The van der Waals surface area contributed by atoms with Crippen LogP contribution in [0.1, 0.15) is 17.2 Å². The van der Waals surface area contributed by atoms with E-state index in [1.807, 2.05) is 30.3 Å². The molecule has 1 aromatic heterocycles. The molecule has 30 heavy (non-hydrogen) atoms. The fourth-order valence-electron chi connectivity index (χ4n) is 3.71. The average molecular weight is 445 g/mol. The molecule has 156 valence electrons. The molecule has 1 unspecified atom stereocenters. The molecular formula is C21H21ClN4O3S. The fraction of sp³-hybridized carbons (Fsp3) is 0.238. The number of rotatable bonds is 4. The summed E-state index contributed by atoms with van der Waals surface area (Å²) in [6.07, 6.45) is 3.77. The van der Waals surface area contributed by atoms with E-state index in [0.29, 0.717) is 22.7 Å². The Kier molecular flexibility index (Phi) is 5.50. The zero-order valence-corrected chi connectivity index (χ0v) is 18.1. The Hall–Kier alpha value is -2.52. The Morgan fingerprint density at radius 2 is 1.97 bits per heavy atom. The number of nitrogens with zero attached hydrogens (tertiary/aromatic N) is 3. The van der Waals surface area contributed by atoms with Gasteiger partial charge in [0, 0.05) is 42.6 Å². The van der Waals surface area contributed by atoms with Crippen molar-refractivity contribution in [1.29, 1.82) is 0 Å². The van der Waals surface area contributed by atoms with Crippen molar-refractivity contribution in [3.63, 3.8) is 0 Å². The summed E-state index contributed by atoms with van der Waals surface area (Å²) in [7, 11) is -0.936. The number of carbonyl (C=O) groups is 1. The maximum atomic E-state index is 13.5. The molecule has 1 atom stereocenters. The molecule has 2 heterocycles. The summed E-state index contributed by atoms with van der Waals surface area (Å²) >= 11 is 6.19. The summed E-state index contributed by atoms with van der Waals surface area (Å²) in [4.78, 5) is 17.6. The van der Waals surface area contributed by atoms with Crippen LogP contribution < -0.4 is 5.32 Å². The molecule has 9 heteroatoms. The van der Waals surface area contributed by atoms with Crippen LogP contribution in [0.5, 0.6) is 0 Å². The molecule has 2 aromatic carbocycles. The van der Waals surface area contributed by atoms with E-state index >= 15 is 0 Å². The lowest BCUT2D eigenvalue weighted by Crippen LogP contribution is -2.49. The second kappa shape index (κ2) is 7.96. The molecule has 1 N–H and O–H groups in total. The van der Waals surface area contributed by atoms with Gasteiger partial charge in [0.15, 0.2) is 0 Å². The lowest BCUT2D eigenvalue weighted by Gasteiger charge is -2.36. The second-order valence-electron chi connectivity index (χ2n) is 7.29. The van der Waals surface area contributed by atoms with Gasteiger partial charge in [0.05, 0.1) is 11.9 Å². The minimum Gasteiger partial charge on any atom is -0.323 e. The first kappa shape index (κ1) is 20.7. The molecule has 3 aromatic rings. The summed E-state index contributed by atoms with van der Waals surface area (Å²) in [5.74, 6) is -0.457. The number of halogens is 1. The molecule has 0 spiro atoms. The fourth-order valence-corrected chi connectivity index (χ4v) is 5.11. The molecule has 0 saturated heterocycles. The topological polar surface area (TPSA) is 82.6 Å². The number of nitrogens with one attached hydrogen (secondary N) is 1. The van der Waals surface area contributed by atoms with E-state index in [9.17, 15) is 13.2 Å². The van der Waals surface area contributed by atoms with Crippen molar-refractivity contribution in [3.05, 3.63) is 71.0 Å². The molecule has 1 aliphatic heterocycles. The molecule has 0 radical (unpaired) electrons. The first-order chi connectivity index (χ1) is 14.3. The summed E-state index contributed by atoms with van der Waals surface area (Å²) in [5.41, 5.74) is 2.01. The van der Waals surface area contributed by atoms with E-state index in [1.54, 1.807) is 24.5 Å². The van der Waals surface area contributed by atoms with E-state index < -0.39 is 22.2 Å². The smallest absolute Gasteiger partial charge is 0.282 e. The highest BCUT2D eigenvalue weighted by Gasteiger charge is 2.41. The third kappa shape index (κ3) is 3.67. The van der Waals surface area contributed by atoms with Gasteiger partial charge in [-0.15, -0.1) is 0 Å². The van der Waals surface area contributed by atoms with Crippen LogP contribution in [0.15, 0.2) is 54.9 Å². The number of anilines is 1. The third-order valence-corrected chi connectivity index (χ3v) is 7.37. The molecule has 0 bridgehead atoms. The molecule has 0 aliphatic carbocycles. The highest BCUT2D eigenvalue weighted by Crippen LogP contribution is 2.35. The van der Waals surface area contributed by atoms with Crippen molar-refractivity contribution in [2.75, 3.05) is 26.0 Å². The highest BCUT2D eigenvalue weighted by molar-refractivity contribution is 7.86. The Bertz CT molecular complexity index is 1220. The second-order valence-corrected chi connectivity index (χ2v) is 9.83. The van der Waals surface area contributed by atoms with Crippen LogP contribution in [0.3, 0.4) is 0 Å². The maximum Gasteiger partial charge on any atom is 0.282 e. The van der Waals surface area contributed by atoms with Crippen molar-refractivity contribution in [3.8, 4) is 0 Å². The Morgan fingerprint density at radius 3 is 2.73 bits per heavy atom. The largest absolute Gasteiger partial charge is 0.323 e. The van der Waals surface area contributed by atoms with Gasteiger partial charge in [-0.25, -0.2) is 0 Å². The van der Waals surface area contributed by atoms with Gasteiger partial charge in [-0.2, -0.15) is 17.0 Å². The van der Waals surface area contributed by atoms with Crippen LogP contribution in [-0.2, 0) is 21.4 Å². The van der Waals surface area contributed by atoms with Crippen LogP contribution >= 0.6 is 11.6 Å². The lowest BCUT2D eigenvalue weighted by molar-refractivity contribution is -0.120. The number of amides is 1. The molecule has 1 aliphatic rings. The van der Waals surface area contributed by atoms with Crippen LogP contribution in [0.25, 0.3) is 10.8 Å². The lowest BCUT2D eigenvalue weighted by atomic mass is 9.93. The number of fused-ring (bicyclic) bond motifs is 2. The Balaban J connectivity index is 1.79. The van der Waals surface area contributed by atoms with Crippen LogP contribution in [0.4, 0.5) is 5.69 Å². The van der Waals surface area contributed by atoms with E-state index in [4.69, 9.17) is 11.6 Å². The highest BCUT2D eigenvalue weighted by atomic mass is 35.5. The van der Waals surface area contributed by atoms with Gasteiger partial charge in [0.25, 0.3) is 10.2 Å². The summed E-state index contributed by atoms with van der Waals surface area (Å²) < 4.78 is 28.3. The third-order valence-electron chi connectivity index (χ3n) is 5.22. The van der Waals surface area contributed by atoms with Gasteiger partial charge in [0.2, 0.25) is 5.91 Å². The van der Waals surface area contributed by atoms with Gasteiger partial charge in [-0.1, -0.05) is 41.9 Å². The number of aromatic nitrogens is 1. The average Bonchev–Trinajstić information content (AvgIpc) is 2.72. The molecule has 7 nitrogen and oxygen atoms in total. The monoisotopic (exact) mass is 444 g/mol. The normalized spacial score (nSPS) is 17.1. The predicted octanol–water partition coefficient (Wildman–Crippen LogP) is 3.23. The van der Waals surface area contributed by atoms with Gasteiger partial charge < -0.3 is 5.32 Å². The number of pyridine rings is 1. The summed E-state index contributed by atoms with van der Waals surface area (Å²) in [6, 6.07) is 11.8. The van der Waals surface area contributed by atoms with Crippen molar-refractivity contribution >= 4 is 44.2 Å². The number of carbonyl (C=O) groups excluding carboxylic acids is 1. The van der Waals surface area contributed by atoms with E-state index in [1.165, 1.54) is 18.4 Å². The minimum atomic E-state index is -3.84. The molecule has 0 fully saturated rings. The standard InChI is InChI=1S/C21H21ClN4O3S/c1-25(2)30(28,29)26-10-9-14-7-8-16(22)11-18(14)20(26)21(27)24-19-13-23-12-15-5-3-4-6-17(15)19/h3-8,11-13,20H,9-10H2,1-2H3,(H,24,27). The van der Waals surface area contributed by atoms with Crippen LogP contribution in [-0.4, -0.2) is 48.6 Å². The Labute approximate surface area is 180 Å². The molecule has 1 amide bonds. The first-order valence-electron chi connectivity index (χ1n) is 9.40. The summed E-state index contributed by atoms with van der Waals surface area (Å²) in [5, 5.41) is 5.03. The van der Waals surface area contributed by atoms with Crippen LogP contribution in [0, 0.1) is 0 Å².